The summed E-state index contributed by atoms with van der Waals surface area (Å²) in [5, 5.41) is 4.80. The van der Waals surface area contributed by atoms with Gasteiger partial charge in [0.15, 0.2) is 0 Å². The number of fused-ring (bicyclic) bond motifs is 1. The van der Waals surface area contributed by atoms with Crippen molar-refractivity contribution in [2.45, 2.75) is 45.6 Å². The molecule has 0 radical (unpaired) electrons. The van der Waals surface area contributed by atoms with Crippen LogP contribution in [0, 0.1) is 0 Å². The molecule has 0 fully saturated rings. The topological polar surface area (TPSA) is 24.9 Å². The van der Waals surface area contributed by atoms with E-state index in [-0.39, 0.29) is 0 Å². The summed E-state index contributed by atoms with van der Waals surface area (Å²) in [6.07, 6.45) is 4.80. The number of hydrogen-bond acceptors (Lipinski definition) is 2. The highest BCUT2D eigenvalue weighted by molar-refractivity contribution is 5.78. The van der Waals surface area contributed by atoms with Crippen LogP contribution in [-0.4, -0.2) is 17.6 Å². The summed E-state index contributed by atoms with van der Waals surface area (Å²) in [5.41, 5.74) is 2.30. The van der Waals surface area contributed by atoms with Crippen molar-refractivity contribution in [1.82, 2.24) is 10.3 Å². The van der Waals surface area contributed by atoms with Crippen LogP contribution in [0.4, 0.5) is 0 Å². The third kappa shape index (κ3) is 4.03. The molecule has 0 spiro atoms. The maximum atomic E-state index is 4.77. The summed E-state index contributed by atoms with van der Waals surface area (Å²) < 4.78 is 0. The Morgan fingerprint density at radius 1 is 1.11 bits per heavy atom. The second-order valence-electron chi connectivity index (χ2n) is 5.10. The summed E-state index contributed by atoms with van der Waals surface area (Å²) in [5.74, 6) is 0. The number of rotatable bonds is 7. The Hall–Kier alpha value is -1.41. The molecule has 0 amide bonds. The van der Waals surface area contributed by atoms with Crippen LogP contribution in [0.15, 0.2) is 36.4 Å². The lowest BCUT2D eigenvalue weighted by atomic mass is 10.0. The first-order valence-corrected chi connectivity index (χ1v) is 7.41. The quantitative estimate of drug-likeness (QED) is 0.811. The zero-order valence-electron chi connectivity index (χ0n) is 12.0. The molecule has 2 nitrogen and oxygen atoms in total. The third-order valence-electron chi connectivity index (χ3n) is 3.51. The summed E-state index contributed by atoms with van der Waals surface area (Å²) in [6.45, 7) is 5.45. The van der Waals surface area contributed by atoms with Crippen molar-refractivity contribution in [2.75, 3.05) is 6.54 Å². The van der Waals surface area contributed by atoms with Gasteiger partial charge in [0.1, 0.15) is 0 Å². The minimum atomic E-state index is 0.554. The first-order valence-electron chi connectivity index (χ1n) is 7.41. The van der Waals surface area contributed by atoms with Crippen LogP contribution in [0.2, 0.25) is 0 Å². The predicted molar refractivity (Wildman–Crippen MR) is 82.4 cm³/mol. The molecule has 1 aromatic heterocycles. The van der Waals surface area contributed by atoms with Gasteiger partial charge in [0.25, 0.3) is 0 Å². The summed E-state index contributed by atoms with van der Waals surface area (Å²) >= 11 is 0. The molecule has 2 rings (SSSR count). The molecule has 1 unspecified atom stereocenters. The van der Waals surface area contributed by atoms with Crippen LogP contribution in [0.3, 0.4) is 0 Å². The molecule has 0 saturated carbocycles. The van der Waals surface area contributed by atoms with Crippen molar-refractivity contribution in [3.63, 3.8) is 0 Å². The van der Waals surface area contributed by atoms with Gasteiger partial charge in [-0.15, -0.1) is 0 Å². The Bertz CT molecular complexity index is 507. The predicted octanol–water partition coefficient (Wildman–Crippen LogP) is 3.95. The van der Waals surface area contributed by atoms with Gasteiger partial charge in [-0.05, 0) is 25.1 Å². The molecule has 19 heavy (non-hydrogen) atoms. The van der Waals surface area contributed by atoms with Crippen LogP contribution in [0.1, 0.15) is 38.8 Å². The number of likely N-dealkylation sites (N-methyl/N-ethyl adjacent to an activating group) is 1. The largest absolute Gasteiger partial charge is 0.314 e. The van der Waals surface area contributed by atoms with Crippen LogP contribution in [-0.2, 0) is 6.42 Å². The summed E-state index contributed by atoms with van der Waals surface area (Å²) in [7, 11) is 0. The highest BCUT2D eigenvalue weighted by atomic mass is 14.9. The summed E-state index contributed by atoms with van der Waals surface area (Å²) in [6, 6.07) is 13.2. The average molecular weight is 256 g/mol. The van der Waals surface area contributed by atoms with Crippen molar-refractivity contribution in [3.05, 3.63) is 42.1 Å². The first kappa shape index (κ1) is 14.0. The van der Waals surface area contributed by atoms with Crippen molar-refractivity contribution < 1.29 is 0 Å². The Morgan fingerprint density at radius 2 is 1.95 bits per heavy atom. The van der Waals surface area contributed by atoms with Gasteiger partial charge >= 0.3 is 0 Å². The first-order chi connectivity index (χ1) is 9.33. The molecule has 0 bridgehead atoms. The van der Waals surface area contributed by atoms with E-state index < -0.39 is 0 Å². The fraction of sp³-hybridized carbons (Fsp3) is 0.471. The van der Waals surface area contributed by atoms with E-state index in [1.165, 1.54) is 30.3 Å². The van der Waals surface area contributed by atoms with Crippen LogP contribution >= 0.6 is 0 Å². The third-order valence-corrected chi connectivity index (χ3v) is 3.51. The van der Waals surface area contributed by atoms with E-state index in [4.69, 9.17) is 4.98 Å². The molecule has 1 atom stereocenters. The highest BCUT2D eigenvalue weighted by Gasteiger charge is 2.09. The minimum Gasteiger partial charge on any atom is -0.314 e. The molecule has 1 N–H and O–H groups in total. The van der Waals surface area contributed by atoms with E-state index >= 15 is 0 Å². The lowest BCUT2D eigenvalue weighted by Gasteiger charge is -2.17. The Morgan fingerprint density at radius 3 is 2.74 bits per heavy atom. The number of nitrogens with zero attached hydrogens (tertiary/aromatic N) is 1. The van der Waals surface area contributed by atoms with E-state index in [2.05, 4.69) is 55.6 Å². The number of pyridine rings is 1. The van der Waals surface area contributed by atoms with Gasteiger partial charge in [0, 0.05) is 23.5 Å². The standard InChI is InChI=1S/C17H24N2/c1-3-5-9-15(18-4-2)13-16-12-11-14-8-6-7-10-17(14)19-16/h6-8,10-12,15,18H,3-5,9,13H2,1-2H3. The lowest BCUT2D eigenvalue weighted by molar-refractivity contribution is 0.470. The second-order valence-corrected chi connectivity index (χ2v) is 5.10. The van der Waals surface area contributed by atoms with Gasteiger partial charge in [0.2, 0.25) is 0 Å². The molecule has 102 valence electrons. The molecule has 0 saturated heterocycles. The molecule has 1 aromatic carbocycles. The number of para-hydroxylation sites is 1. The number of nitrogens with one attached hydrogen (secondary N) is 1. The normalized spacial score (nSPS) is 12.7. The fourth-order valence-corrected chi connectivity index (χ4v) is 2.49. The number of hydrogen-bond donors (Lipinski definition) is 1. The van der Waals surface area contributed by atoms with E-state index in [0.29, 0.717) is 6.04 Å². The maximum absolute atomic E-state index is 4.77. The number of unbranched alkanes of at least 4 members (excludes halogenated alkanes) is 1. The zero-order valence-corrected chi connectivity index (χ0v) is 12.0. The van der Waals surface area contributed by atoms with Crippen molar-refractivity contribution >= 4 is 10.9 Å². The Labute approximate surface area is 116 Å². The van der Waals surface area contributed by atoms with Gasteiger partial charge < -0.3 is 5.32 Å². The highest BCUT2D eigenvalue weighted by Crippen LogP contribution is 2.14. The number of benzene rings is 1. The van der Waals surface area contributed by atoms with Gasteiger partial charge in [-0.25, -0.2) is 0 Å². The smallest absolute Gasteiger partial charge is 0.0705 e. The average Bonchev–Trinajstić information content (AvgIpc) is 2.45. The maximum Gasteiger partial charge on any atom is 0.0705 e. The van der Waals surface area contributed by atoms with Crippen LogP contribution in [0.25, 0.3) is 10.9 Å². The summed E-state index contributed by atoms with van der Waals surface area (Å²) in [4.78, 5) is 4.77. The Kier molecular flexibility index (Phi) is 5.34. The van der Waals surface area contributed by atoms with E-state index in [1.807, 2.05) is 0 Å². The van der Waals surface area contributed by atoms with Crippen LogP contribution < -0.4 is 5.32 Å². The number of aromatic nitrogens is 1. The van der Waals surface area contributed by atoms with E-state index in [1.54, 1.807) is 0 Å². The van der Waals surface area contributed by atoms with Crippen molar-refractivity contribution in [2.24, 2.45) is 0 Å². The molecular weight excluding hydrogens is 232 g/mol. The molecule has 2 aromatic rings. The van der Waals surface area contributed by atoms with Gasteiger partial charge in [0.05, 0.1) is 5.52 Å². The van der Waals surface area contributed by atoms with E-state index in [9.17, 15) is 0 Å². The molecular formula is C17H24N2. The zero-order chi connectivity index (χ0) is 13.5. The molecule has 0 aliphatic carbocycles. The molecule has 0 aliphatic heterocycles. The minimum absolute atomic E-state index is 0.554. The van der Waals surface area contributed by atoms with Crippen molar-refractivity contribution in [3.8, 4) is 0 Å². The molecule has 0 aliphatic rings. The van der Waals surface area contributed by atoms with E-state index in [0.717, 1.165) is 18.5 Å². The van der Waals surface area contributed by atoms with Gasteiger partial charge in [-0.3, -0.25) is 4.98 Å². The lowest BCUT2D eigenvalue weighted by Crippen LogP contribution is -2.31. The van der Waals surface area contributed by atoms with Gasteiger partial charge in [-0.2, -0.15) is 0 Å². The SMILES string of the molecule is CCCCC(Cc1ccc2ccccc2n1)NCC. The monoisotopic (exact) mass is 256 g/mol. The molecule has 1 heterocycles. The van der Waals surface area contributed by atoms with Crippen LogP contribution in [0.5, 0.6) is 0 Å². The van der Waals surface area contributed by atoms with Gasteiger partial charge in [-0.1, -0.05) is 51.0 Å². The van der Waals surface area contributed by atoms with Crippen molar-refractivity contribution in [1.29, 1.82) is 0 Å². The fourth-order valence-electron chi connectivity index (χ4n) is 2.49. The second kappa shape index (κ2) is 7.25. The molecule has 2 heteroatoms. The Balaban J connectivity index is 2.09.